The van der Waals surface area contributed by atoms with Crippen molar-refractivity contribution in [2.75, 3.05) is 5.33 Å². The number of rotatable bonds is 4. The van der Waals surface area contributed by atoms with Gasteiger partial charge in [0.05, 0.1) is 0 Å². The molecule has 1 saturated carbocycles. The van der Waals surface area contributed by atoms with Gasteiger partial charge in [-0.05, 0) is 30.1 Å². The lowest BCUT2D eigenvalue weighted by Crippen LogP contribution is -2.53. The second-order valence-electron chi connectivity index (χ2n) is 7.63. The molecule has 0 saturated heterocycles. The summed E-state index contributed by atoms with van der Waals surface area (Å²) in [5.74, 6) is 1.34. The summed E-state index contributed by atoms with van der Waals surface area (Å²) >= 11 is 3.62. The molecule has 3 atom stereocenters. The standard InChI is InChI=1S/C16H30BrNO/c1-12-7-6-8-16(10-12,11-17)18-14(19)9-13(2)15(3,4)5/h12-13H,6-11H2,1-5H3,(H,18,19). The van der Waals surface area contributed by atoms with E-state index in [1.54, 1.807) is 0 Å². The molecule has 1 N–H and O–H groups in total. The highest BCUT2D eigenvalue weighted by molar-refractivity contribution is 9.09. The molecular weight excluding hydrogens is 302 g/mol. The molecule has 1 fully saturated rings. The summed E-state index contributed by atoms with van der Waals surface area (Å²) in [6.45, 7) is 11.1. The van der Waals surface area contributed by atoms with Gasteiger partial charge >= 0.3 is 0 Å². The van der Waals surface area contributed by atoms with E-state index >= 15 is 0 Å². The summed E-state index contributed by atoms with van der Waals surface area (Å²) in [4.78, 5) is 12.3. The largest absolute Gasteiger partial charge is 0.350 e. The number of hydrogen-bond acceptors (Lipinski definition) is 1. The number of hydrogen-bond donors (Lipinski definition) is 1. The Bertz CT molecular complexity index is 310. The molecule has 2 nitrogen and oxygen atoms in total. The van der Waals surface area contributed by atoms with Gasteiger partial charge in [0.25, 0.3) is 0 Å². The fraction of sp³-hybridized carbons (Fsp3) is 0.938. The Morgan fingerprint density at radius 1 is 1.47 bits per heavy atom. The molecule has 0 aromatic rings. The Hall–Kier alpha value is -0.0500. The zero-order chi connectivity index (χ0) is 14.7. The molecule has 112 valence electrons. The first-order valence-corrected chi connectivity index (χ1v) is 8.68. The Morgan fingerprint density at radius 3 is 2.58 bits per heavy atom. The fourth-order valence-corrected chi connectivity index (χ4v) is 3.51. The van der Waals surface area contributed by atoms with E-state index in [9.17, 15) is 4.79 Å². The number of carbonyl (C=O) groups excluding carboxylic acids is 1. The van der Waals surface area contributed by atoms with Gasteiger partial charge in [-0.25, -0.2) is 0 Å². The molecular formula is C16H30BrNO. The van der Waals surface area contributed by atoms with Crippen molar-refractivity contribution in [3.63, 3.8) is 0 Å². The maximum Gasteiger partial charge on any atom is 0.220 e. The van der Waals surface area contributed by atoms with E-state index in [0.717, 1.165) is 18.2 Å². The third-order valence-corrected chi connectivity index (χ3v) is 5.80. The third kappa shape index (κ3) is 5.09. The average Bonchev–Trinajstić information content (AvgIpc) is 2.27. The summed E-state index contributed by atoms with van der Waals surface area (Å²) in [5.41, 5.74) is 0.186. The van der Waals surface area contributed by atoms with Gasteiger partial charge in [-0.3, -0.25) is 4.79 Å². The van der Waals surface area contributed by atoms with Crippen LogP contribution in [0.15, 0.2) is 0 Å². The SMILES string of the molecule is CC1CCCC(CBr)(NC(=O)CC(C)C(C)(C)C)C1. The van der Waals surface area contributed by atoms with Crippen LogP contribution < -0.4 is 5.32 Å². The summed E-state index contributed by atoms with van der Waals surface area (Å²) in [7, 11) is 0. The summed E-state index contributed by atoms with van der Waals surface area (Å²) in [5, 5.41) is 4.20. The summed E-state index contributed by atoms with van der Waals surface area (Å²) in [6.07, 6.45) is 5.36. The minimum atomic E-state index is -0.00759. The second-order valence-corrected chi connectivity index (χ2v) is 8.20. The minimum absolute atomic E-state index is 0.00759. The number of amides is 1. The number of nitrogens with one attached hydrogen (secondary N) is 1. The predicted molar refractivity (Wildman–Crippen MR) is 85.5 cm³/mol. The predicted octanol–water partition coefficient (Wildman–Crippen LogP) is 4.52. The van der Waals surface area contributed by atoms with Gasteiger partial charge in [0.2, 0.25) is 5.91 Å². The van der Waals surface area contributed by atoms with Gasteiger partial charge < -0.3 is 5.32 Å². The van der Waals surface area contributed by atoms with Gasteiger partial charge in [0, 0.05) is 17.3 Å². The van der Waals surface area contributed by atoms with Crippen LogP contribution >= 0.6 is 15.9 Å². The maximum absolute atomic E-state index is 12.3. The zero-order valence-corrected chi connectivity index (χ0v) is 14.8. The average molecular weight is 332 g/mol. The summed E-state index contributed by atoms with van der Waals surface area (Å²) < 4.78 is 0. The molecule has 0 aliphatic heterocycles. The van der Waals surface area contributed by atoms with Crippen LogP contribution in [0.25, 0.3) is 0 Å². The Kier molecular flexibility index (Phi) is 5.91. The van der Waals surface area contributed by atoms with Crippen LogP contribution in [-0.2, 0) is 4.79 Å². The quantitative estimate of drug-likeness (QED) is 0.754. The first-order chi connectivity index (χ1) is 8.68. The van der Waals surface area contributed by atoms with Crippen LogP contribution in [0.2, 0.25) is 0 Å². The number of halogens is 1. The first-order valence-electron chi connectivity index (χ1n) is 7.55. The molecule has 1 aliphatic carbocycles. The molecule has 3 unspecified atom stereocenters. The van der Waals surface area contributed by atoms with E-state index in [0.29, 0.717) is 18.3 Å². The zero-order valence-electron chi connectivity index (χ0n) is 13.2. The second kappa shape index (κ2) is 6.60. The van der Waals surface area contributed by atoms with E-state index in [1.807, 2.05) is 0 Å². The molecule has 19 heavy (non-hydrogen) atoms. The monoisotopic (exact) mass is 331 g/mol. The van der Waals surface area contributed by atoms with Crippen molar-refractivity contribution < 1.29 is 4.79 Å². The molecule has 0 bridgehead atoms. The molecule has 0 spiro atoms. The highest BCUT2D eigenvalue weighted by Crippen LogP contribution is 2.34. The van der Waals surface area contributed by atoms with Crippen LogP contribution in [0.5, 0.6) is 0 Å². The van der Waals surface area contributed by atoms with Crippen LogP contribution in [0.1, 0.15) is 66.7 Å². The van der Waals surface area contributed by atoms with Crippen molar-refractivity contribution in [1.82, 2.24) is 5.32 Å². The van der Waals surface area contributed by atoms with Gasteiger partial charge in [-0.1, -0.05) is 63.4 Å². The molecule has 0 heterocycles. The first kappa shape index (κ1) is 17.0. The van der Waals surface area contributed by atoms with Gasteiger partial charge in [0.1, 0.15) is 0 Å². The van der Waals surface area contributed by atoms with Crippen molar-refractivity contribution in [3.05, 3.63) is 0 Å². The van der Waals surface area contributed by atoms with Crippen molar-refractivity contribution in [2.24, 2.45) is 17.3 Å². The van der Waals surface area contributed by atoms with Crippen molar-refractivity contribution in [1.29, 1.82) is 0 Å². The highest BCUT2D eigenvalue weighted by Gasteiger charge is 2.36. The van der Waals surface area contributed by atoms with Gasteiger partial charge in [-0.2, -0.15) is 0 Å². The maximum atomic E-state index is 12.3. The van der Waals surface area contributed by atoms with Crippen LogP contribution in [0, 0.1) is 17.3 Å². The lowest BCUT2D eigenvalue weighted by atomic mass is 9.76. The van der Waals surface area contributed by atoms with E-state index in [-0.39, 0.29) is 16.9 Å². The topological polar surface area (TPSA) is 29.1 Å². The molecule has 0 radical (unpaired) electrons. The van der Waals surface area contributed by atoms with E-state index in [2.05, 4.69) is 55.9 Å². The Balaban J connectivity index is 2.58. The fourth-order valence-electron chi connectivity index (χ4n) is 2.86. The Labute approximate surface area is 127 Å². The number of carbonyl (C=O) groups is 1. The molecule has 1 amide bonds. The van der Waals surface area contributed by atoms with E-state index < -0.39 is 0 Å². The van der Waals surface area contributed by atoms with Crippen molar-refractivity contribution in [3.8, 4) is 0 Å². The minimum Gasteiger partial charge on any atom is -0.350 e. The highest BCUT2D eigenvalue weighted by atomic mass is 79.9. The Morgan fingerprint density at radius 2 is 2.11 bits per heavy atom. The van der Waals surface area contributed by atoms with Crippen LogP contribution in [0.3, 0.4) is 0 Å². The third-order valence-electron chi connectivity index (χ3n) is 4.72. The normalized spacial score (nSPS) is 29.9. The lowest BCUT2D eigenvalue weighted by molar-refractivity contribution is -0.124. The summed E-state index contributed by atoms with van der Waals surface area (Å²) in [6, 6.07) is 0. The van der Waals surface area contributed by atoms with Crippen LogP contribution in [0.4, 0.5) is 0 Å². The smallest absolute Gasteiger partial charge is 0.220 e. The van der Waals surface area contributed by atoms with Crippen molar-refractivity contribution in [2.45, 2.75) is 72.3 Å². The molecule has 3 heteroatoms. The lowest BCUT2D eigenvalue weighted by Gasteiger charge is -2.40. The molecule has 1 aliphatic rings. The van der Waals surface area contributed by atoms with Gasteiger partial charge in [0.15, 0.2) is 0 Å². The number of alkyl halides is 1. The molecule has 0 aromatic carbocycles. The van der Waals surface area contributed by atoms with E-state index in [1.165, 1.54) is 12.8 Å². The van der Waals surface area contributed by atoms with Crippen molar-refractivity contribution >= 4 is 21.8 Å². The van der Waals surface area contributed by atoms with Gasteiger partial charge in [-0.15, -0.1) is 0 Å². The van der Waals surface area contributed by atoms with Crippen LogP contribution in [-0.4, -0.2) is 16.8 Å². The molecule has 1 rings (SSSR count). The van der Waals surface area contributed by atoms with E-state index in [4.69, 9.17) is 0 Å². The molecule has 0 aromatic heterocycles.